The summed E-state index contributed by atoms with van der Waals surface area (Å²) in [6.07, 6.45) is 1.52. The van der Waals surface area contributed by atoms with Crippen molar-refractivity contribution in [3.63, 3.8) is 0 Å². The summed E-state index contributed by atoms with van der Waals surface area (Å²) in [5.41, 5.74) is 0.273. The summed E-state index contributed by atoms with van der Waals surface area (Å²) in [5, 5.41) is 6.67. The van der Waals surface area contributed by atoms with Gasteiger partial charge in [0, 0.05) is 0 Å². The van der Waals surface area contributed by atoms with Crippen LogP contribution >= 0.6 is 11.6 Å². The highest BCUT2D eigenvalue weighted by molar-refractivity contribution is 6.31. The van der Waals surface area contributed by atoms with Gasteiger partial charge < -0.3 is 14.3 Å². The third kappa shape index (κ3) is 2.50. The number of rotatable bonds is 4. The summed E-state index contributed by atoms with van der Waals surface area (Å²) >= 11 is 5.69. The van der Waals surface area contributed by atoms with Gasteiger partial charge in [0.1, 0.15) is 0 Å². The Hall–Kier alpha value is -2.34. The number of anilines is 1. The Labute approximate surface area is 118 Å². The molecule has 3 aromatic rings. The van der Waals surface area contributed by atoms with E-state index in [2.05, 4.69) is 15.5 Å². The van der Waals surface area contributed by atoms with Crippen molar-refractivity contribution in [2.45, 2.75) is 6.54 Å². The third-order valence-corrected chi connectivity index (χ3v) is 2.88. The minimum Gasteiger partial charge on any atom is -0.461 e. The van der Waals surface area contributed by atoms with Gasteiger partial charge in [0.2, 0.25) is 11.7 Å². The quantitative estimate of drug-likeness (QED) is 0.794. The summed E-state index contributed by atoms with van der Waals surface area (Å²) in [6, 6.07) is 8.15. The highest BCUT2D eigenvalue weighted by Crippen LogP contribution is 2.22. The molecule has 0 spiro atoms. The summed E-state index contributed by atoms with van der Waals surface area (Å²) in [5.74, 6) is 0.656. The van der Waals surface area contributed by atoms with E-state index < -0.39 is 5.82 Å². The van der Waals surface area contributed by atoms with Gasteiger partial charge in [0.15, 0.2) is 11.6 Å². The van der Waals surface area contributed by atoms with E-state index in [0.717, 1.165) is 0 Å². The average molecular weight is 294 g/mol. The molecule has 0 saturated carbocycles. The third-order valence-electron chi connectivity index (χ3n) is 2.59. The van der Waals surface area contributed by atoms with Crippen LogP contribution in [0.5, 0.6) is 0 Å². The first kappa shape index (κ1) is 12.7. The van der Waals surface area contributed by atoms with Crippen LogP contribution in [0.4, 0.5) is 10.1 Å². The first-order chi connectivity index (χ1) is 9.74. The Balaban J connectivity index is 1.71. The molecule has 0 saturated heterocycles. The second-order valence-electron chi connectivity index (χ2n) is 3.94. The maximum absolute atomic E-state index is 13.7. The molecular formula is C13H9ClFN3O2. The minimum absolute atomic E-state index is 0.0526. The van der Waals surface area contributed by atoms with Crippen LogP contribution in [0.3, 0.4) is 0 Å². The smallest absolute Gasteiger partial charge is 0.246 e. The zero-order valence-corrected chi connectivity index (χ0v) is 10.9. The van der Waals surface area contributed by atoms with Gasteiger partial charge in [-0.1, -0.05) is 22.8 Å². The van der Waals surface area contributed by atoms with Crippen LogP contribution in [0, 0.1) is 5.82 Å². The Kier molecular flexibility index (Phi) is 3.39. The van der Waals surface area contributed by atoms with Crippen molar-refractivity contribution in [2.24, 2.45) is 0 Å². The number of nitrogens with one attached hydrogen (secondary N) is 1. The van der Waals surface area contributed by atoms with Crippen LogP contribution in [-0.4, -0.2) is 10.1 Å². The van der Waals surface area contributed by atoms with E-state index in [1.165, 1.54) is 12.3 Å². The summed E-state index contributed by atoms with van der Waals surface area (Å²) in [7, 11) is 0. The van der Waals surface area contributed by atoms with Gasteiger partial charge in [-0.15, -0.1) is 0 Å². The van der Waals surface area contributed by atoms with Gasteiger partial charge in [-0.25, -0.2) is 4.39 Å². The lowest BCUT2D eigenvalue weighted by Gasteiger charge is -2.05. The fourth-order valence-corrected chi connectivity index (χ4v) is 1.82. The lowest BCUT2D eigenvalue weighted by atomic mass is 10.3. The van der Waals surface area contributed by atoms with Crippen molar-refractivity contribution in [2.75, 3.05) is 5.32 Å². The molecule has 2 aromatic heterocycles. The maximum Gasteiger partial charge on any atom is 0.246 e. The van der Waals surface area contributed by atoms with Crippen LogP contribution < -0.4 is 5.32 Å². The number of furan rings is 1. The van der Waals surface area contributed by atoms with Crippen LogP contribution in [-0.2, 0) is 6.54 Å². The van der Waals surface area contributed by atoms with Crippen molar-refractivity contribution in [1.29, 1.82) is 0 Å². The van der Waals surface area contributed by atoms with E-state index in [1.54, 1.807) is 24.3 Å². The van der Waals surface area contributed by atoms with Crippen molar-refractivity contribution in [1.82, 2.24) is 10.1 Å². The molecule has 1 N–H and O–H groups in total. The molecule has 0 unspecified atom stereocenters. The highest BCUT2D eigenvalue weighted by Gasteiger charge is 2.11. The van der Waals surface area contributed by atoms with Crippen LogP contribution in [0.15, 0.2) is 45.5 Å². The van der Waals surface area contributed by atoms with E-state index in [-0.39, 0.29) is 17.3 Å². The molecule has 0 aliphatic rings. The van der Waals surface area contributed by atoms with Gasteiger partial charge in [-0.05, 0) is 24.3 Å². The van der Waals surface area contributed by atoms with Gasteiger partial charge in [0.05, 0.1) is 23.5 Å². The molecule has 1 aromatic carbocycles. The largest absolute Gasteiger partial charge is 0.461 e. The Morgan fingerprint density at radius 1 is 1.25 bits per heavy atom. The van der Waals surface area contributed by atoms with E-state index in [1.807, 2.05) is 0 Å². The summed E-state index contributed by atoms with van der Waals surface area (Å²) in [4.78, 5) is 4.13. The van der Waals surface area contributed by atoms with Crippen LogP contribution in [0.2, 0.25) is 5.02 Å². The number of benzene rings is 1. The Bertz CT molecular complexity index is 712. The second-order valence-corrected chi connectivity index (χ2v) is 4.35. The topological polar surface area (TPSA) is 64.1 Å². The number of halogens is 2. The Morgan fingerprint density at radius 2 is 2.15 bits per heavy atom. The number of aromatic nitrogens is 2. The predicted octanol–water partition coefficient (Wildman–Crippen LogP) is 3.73. The molecule has 7 heteroatoms. The molecule has 20 heavy (non-hydrogen) atoms. The first-order valence-electron chi connectivity index (χ1n) is 5.78. The molecule has 0 aliphatic carbocycles. The number of nitrogens with zero attached hydrogens (tertiary/aromatic N) is 2. The Morgan fingerprint density at radius 3 is 2.95 bits per heavy atom. The molecule has 102 valence electrons. The normalized spacial score (nSPS) is 10.7. The minimum atomic E-state index is -0.514. The zero-order chi connectivity index (χ0) is 13.9. The van der Waals surface area contributed by atoms with Crippen LogP contribution in [0.1, 0.15) is 5.89 Å². The van der Waals surface area contributed by atoms with Gasteiger partial charge in [-0.3, -0.25) is 0 Å². The predicted molar refractivity (Wildman–Crippen MR) is 70.7 cm³/mol. The molecular weight excluding hydrogens is 285 g/mol. The molecule has 5 nitrogen and oxygen atoms in total. The first-order valence-corrected chi connectivity index (χ1v) is 6.16. The van der Waals surface area contributed by atoms with Crippen molar-refractivity contribution >= 4 is 17.3 Å². The molecule has 0 atom stereocenters. The number of hydrogen-bond acceptors (Lipinski definition) is 5. The van der Waals surface area contributed by atoms with Crippen LogP contribution in [0.25, 0.3) is 11.6 Å². The number of hydrogen-bond donors (Lipinski definition) is 1. The molecule has 0 bridgehead atoms. The zero-order valence-electron chi connectivity index (χ0n) is 10.1. The molecule has 0 amide bonds. The second kappa shape index (κ2) is 5.34. The highest BCUT2D eigenvalue weighted by atomic mass is 35.5. The fraction of sp³-hybridized carbons (Fsp3) is 0.0769. The standard InChI is InChI=1S/C13H9ClFN3O2/c14-8-3-1-4-9(12(8)15)16-7-11-17-13(18-20-11)10-5-2-6-19-10/h1-6,16H,7H2. The summed E-state index contributed by atoms with van der Waals surface area (Å²) in [6.45, 7) is 0.185. The van der Waals surface area contributed by atoms with E-state index in [0.29, 0.717) is 17.5 Å². The molecule has 3 rings (SSSR count). The monoisotopic (exact) mass is 293 g/mol. The average Bonchev–Trinajstić information content (AvgIpc) is 3.10. The van der Waals surface area contributed by atoms with Gasteiger partial charge in [-0.2, -0.15) is 4.98 Å². The van der Waals surface area contributed by atoms with E-state index in [9.17, 15) is 4.39 Å². The van der Waals surface area contributed by atoms with Crippen molar-refractivity contribution < 1.29 is 13.3 Å². The SMILES string of the molecule is Fc1c(Cl)cccc1NCc1nc(-c2ccco2)no1. The van der Waals surface area contributed by atoms with Crippen molar-refractivity contribution in [3.05, 3.63) is 53.3 Å². The summed E-state index contributed by atoms with van der Waals surface area (Å²) < 4.78 is 23.8. The lowest BCUT2D eigenvalue weighted by Crippen LogP contribution is -2.01. The van der Waals surface area contributed by atoms with Crippen molar-refractivity contribution in [3.8, 4) is 11.6 Å². The molecule has 0 fully saturated rings. The molecule has 2 heterocycles. The lowest BCUT2D eigenvalue weighted by molar-refractivity contribution is 0.382. The van der Waals surface area contributed by atoms with E-state index >= 15 is 0 Å². The molecule has 0 aliphatic heterocycles. The fourth-order valence-electron chi connectivity index (χ4n) is 1.64. The molecule has 0 radical (unpaired) electrons. The van der Waals surface area contributed by atoms with E-state index in [4.69, 9.17) is 20.5 Å². The maximum atomic E-state index is 13.7. The van der Waals surface area contributed by atoms with Gasteiger partial charge >= 0.3 is 0 Å². The van der Waals surface area contributed by atoms with Gasteiger partial charge in [0.25, 0.3) is 0 Å².